The highest BCUT2D eigenvalue weighted by atomic mass is 32.2. The van der Waals surface area contributed by atoms with Crippen LogP contribution >= 0.6 is 11.8 Å². The van der Waals surface area contributed by atoms with Crippen LogP contribution in [0.5, 0.6) is 5.75 Å². The molecule has 1 aliphatic rings. The molecule has 2 aromatic carbocycles. The molecule has 1 heterocycles. The normalized spacial score (nSPS) is 16.4. The molecule has 0 unspecified atom stereocenters. The molecular weight excluding hydrogens is 384 g/mol. The molecule has 0 aliphatic carbocycles. The molecule has 0 aromatic heterocycles. The zero-order valence-corrected chi connectivity index (χ0v) is 16.8. The Morgan fingerprint density at radius 3 is 2.63 bits per heavy atom. The number of nitrogens with zero attached hydrogens (tertiary/aromatic N) is 1. The van der Waals surface area contributed by atoms with Crippen molar-refractivity contribution in [1.29, 1.82) is 0 Å². The molecule has 6 nitrogen and oxygen atoms in total. The molecular formula is C19H22N2O4S2. The molecule has 3 rings (SSSR count). The van der Waals surface area contributed by atoms with Gasteiger partial charge in [-0.05, 0) is 36.9 Å². The van der Waals surface area contributed by atoms with Crippen LogP contribution in [0.15, 0.2) is 53.4 Å². The van der Waals surface area contributed by atoms with Gasteiger partial charge in [0.15, 0.2) is 6.10 Å². The van der Waals surface area contributed by atoms with Crippen LogP contribution in [0.1, 0.15) is 13.8 Å². The standard InChI is InChI=1S/C19H22N2O4S2/c1-3-26-18-12-8-5-9-14(18)20-19(22)17-13-21(27(23,24)4-2)15-10-6-7-11-16(15)25-17/h5-12,17H,3-4,13H2,1-2H3,(H,20,22)/t17-/m0/s1. The Kier molecular flexibility index (Phi) is 5.96. The Bertz CT molecular complexity index is 931. The summed E-state index contributed by atoms with van der Waals surface area (Å²) in [6, 6.07) is 14.4. The van der Waals surface area contributed by atoms with Gasteiger partial charge in [0, 0.05) is 4.90 Å². The van der Waals surface area contributed by atoms with E-state index in [-0.39, 0.29) is 18.2 Å². The third-order valence-corrected chi connectivity index (χ3v) is 6.88. The summed E-state index contributed by atoms with van der Waals surface area (Å²) in [5.74, 6) is 0.844. The number of hydrogen-bond acceptors (Lipinski definition) is 5. The minimum absolute atomic E-state index is 0.0500. The highest BCUT2D eigenvalue weighted by Gasteiger charge is 2.36. The number of amides is 1. The fourth-order valence-electron chi connectivity index (χ4n) is 2.82. The van der Waals surface area contributed by atoms with E-state index in [1.807, 2.05) is 31.2 Å². The first kappa shape index (κ1) is 19.6. The molecule has 8 heteroatoms. The summed E-state index contributed by atoms with van der Waals surface area (Å²) in [5, 5.41) is 2.88. The van der Waals surface area contributed by atoms with Crippen molar-refractivity contribution in [3.63, 3.8) is 0 Å². The molecule has 144 valence electrons. The highest BCUT2D eigenvalue weighted by molar-refractivity contribution is 7.99. The van der Waals surface area contributed by atoms with Crippen LogP contribution in [-0.2, 0) is 14.8 Å². The molecule has 0 saturated carbocycles. The fraction of sp³-hybridized carbons (Fsp3) is 0.316. The van der Waals surface area contributed by atoms with E-state index < -0.39 is 16.1 Å². The number of hydrogen-bond donors (Lipinski definition) is 1. The Morgan fingerprint density at radius 2 is 1.89 bits per heavy atom. The van der Waals surface area contributed by atoms with Gasteiger partial charge in [-0.2, -0.15) is 0 Å². The van der Waals surface area contributed by atoms with Crippen LogP contribution in [0.3, 0.4) is 0 Å². The van der Waals surface area contributed by atoms with Crippen molar-refractivity contribution in [2.75, 3.05) is 27.7 Å². The van der Waals surface area contributed by atoms with E-state index in [0.29, 0.717) is 17.1 Å². The van der Waals surface area contributed by atoms with Crippen LogP contribution in [-0.4, -0.2) is 38.5 Å². The van der Waals surface area contributed by atoms with Crippen LogP contribution in [0.4, 0.5) is 11.4 Å². The van der Waals surface area contributed by atoms with E-state index in [1.165, 1.54) is 4.31 Å². The summed E-state index contributed by atoms with van der Waals surface area (Å²) in [6.07, 6.45) is -0.930. The molecule has 0 fully saturated rings. The largest absolute Gasteiger partial charge is 0.476 e. The lowest BCUT2D eigenvalue weighted by molar-refractivity contribution is -0.122. The van der Waals surface area contributed by atoms with Gasteiger partial charge < -0.3 is 10.1 Å². The number of para-hydroxylation sites is 3. The second kappa shape index (κ2) is 8.22. The lowest BCUT2D eigenvalue weighted by Gasteiger charge is -2.34. The third kappa shape index (κ3) is 4.22. The predicted octanol–water partition coefficient (Wildman–Crippen LogP) is 3.35. The number of benzene rings is 2. The average molecular weight is 407 g/mol. The number of carbonyl (C=O) groups excluding carboxylic acids is 1. The molecule has 0 spiro atoms. The summed E-state index contributed by atoms with van der Waals surface area (Å²) in [5.41, 5.74) is 1.16. The highest BCUT2D eigenvalue weighted by Crippen LogP contribution is 2.35. The molecule has 0 radical (unpaired) electrons. The van der Waals surface area contributed by atoms with E-state index in [0.717, 1.165) is 10.6 Å². The summed E-state index contributed by atoms with van der Waals surface area (Å²) < 4.78 is 32.1. The maximum absolute atomic E-state index is 12.8. The van der Waals surface area contributed by atoms with Crippen molar-refractivity contribution in [2.45, 2.75) is 24.8 Å². The van der Waals surface area contributed by atoms with Gasteiger partial charge in [0.1, 0.15) is 5.75 Å². The zero-order chi connectivity index (χ0) is 19.4. The topological polar surface area (TPSA) is 75.7 Å². The number of fused-ring (bicyclic) bond motifs is 1. The molecule has 0 bridgehead atoms. The second-order valence-electron chi connectivity index (χ2n) is 5.92. The first-order chi connectivity index (χ1) is 13.0. The summed E-state index contributed by atoms with van der Waals surface area (Å²) in [6.45, 7) is 3.57. The van der Waals surface area contributed by atoms with Gasteiger partial charge in [-0.15, -0.1) is 11.8 Å². The molecule has 1 atom stereocenters. The number of sulfonamides is 1. The van der Waals surface area contributed by atoms with Gasteiger partial charge in [-0.3, -0.25) is 9.10 Å². The second-order valence-corrected chi connectivity index (χ2v) is 9.41. The number of ether oxygens (including phenoxy) is 1. The first-order valence-corrected chi connectivity index (χ1v) is 11.3. The van der Waals surface area contributed by atoms with Crippen molar-refractivity contribution in [3.8, 4) is 5.75 Å². The van der Waals surface area contributed by atoms with E-state index in [9.17, 15) is 13.2 Å². The van der Waals surface area contributed by atoms with E-state index in [4.69, 9.17) is 4.74 Å². The number of rotatable bonds is 6. The van der Waals surface area contributed by atoms with Gasteiger partial charge in [-0.1, -0.05) is 31.2 Å². The minimum atomic E-state index is -3.52. The quantitative estimate of drug-likeness (QED) is 0.745. The molecule has 2 aromatic rings. The average Bonchev–Trinajstić information content (AvgIpc) is 2.68. The summed E-state index contributed by atoms with van der Waals surface area (Å²) in [4.78, 5) is 13.8. The minimum Gasteiger partial charge on any atom is -0.476 e. The van der Waals surface area contributed by atoms with Gasteiger partial charge in [0.2, 0.25) is 10.0 Å². The van der Waals surface area contributed by atoms with Gasteiger partial charge in [0.05, 0.1) is 23.7 Å². The first-order valence-electron chi connectivity index (χ1n) is 8.75. The lowest BCUT2D eigenvalue weighted by Crippen LogP contribution is -2.49. The van der Waals surface area contributed by atoms with Crippen LogP contribution < -0.4 is 14.4 Å². The van der Waals surface area contributed by atoms with E-state index in [1.54, 1.807) is 43.0 Å². The predicted molar refractivity (Wildman–Crippen MR) is 109 cm³/mol. The Labute approximate surface area is 164 Å². The van der Waals surface area contributed by atoms with Crippen LogP contribution in [0.25, 0.3) is 0 Å². The number of thioether (sulfide) groups is 1. The van der Waals surface area contributed by atoms with Crippen molar-refractivity contribution >= 4 is 39.1 Å². The van der Waals surface area contributed by atoms with Crippen molar-refractivity contribution < 1.29 is 17.9 Å². The summed E-state index contributed by atoms with van der Waals surface area (Å²) in [7, 11) is -3.52. The molecule has 27 heavy (non-hydrogen) atoms. The zero-order valence-electron chi connectivity index (χ0n) is 15.2. The Hall–Kier alpha value is -2.19. The lowest BCUT2D eigenvalue weighted by atomic mass is 10.2. The van der Waals surface area contributed by atoms with Gasteiger partial charge in [-0.25, -0.2) is 8.42 Å². The molecule has 1 aliphatic heterocycles. The maximum atomic E-state index is 12.8. The van der Waals surface area contributed by atoms with Gasteiger partial charge >= 0.3 is 0 Å². The van der Waals surface area contributed by atoms with Gasteiger partial charge in [0.25, 0.3) is 5.91 Å². The number of anilines is 2. The molecule has 1 N–H and O–H groups in total. The summed E-state index contributed by atoms with van der Waals surface area (Å²) >= 11 is 1.63. The molecule has 1 amide bonds. The SMILES string of the molecule is CCSc1ccccc1NC(=O)[C@@H]1CN(S(=O)(=O)CC)c2ccccc2O1. The maximum Gasteiger partial charge on any atom is 0.267 e. The Balaban J connectivity index is 1.87. The van der Waals surface area contributed by atoms with Crippen molar-refractivity contribution in [2.24, 2.45) is 0 Å². The smallest absolute Gasteiger partial charge is 0.267 e. The molecule has 0 saturated heterocycles. The Morgan fingerprint density at radius 1 is 1.19 bits per heavy atom. The van der Waals surface area contributed by atoms with Crippen LogP contribution in [0, 0.1) is 0 Å². The van der Waals surface area contributed by atoms with E-state index in [2.05, 4.69) is 5.32 Å². The van der Waals surface area contributed by atoms with Crippen LogP contribution in [0.2, 0.25) is 0 Å². The fourth-order valence-corrected chi connectivity index (χ4v) is 4.71. The van der Waals surface area contributed by atoms with Crippen molar-refractivity contribution in [1.82, 2.24) is 0 Å². The number of carbonyl (C=O) groups is 1. The van der Waals surface area contributed by atoms with Crippen molar-refractivity contribution in [3.05, 3.63) is 48.5 Å². The monoisotopic (exact) mass is 406 g/mol. The third-order valence-electron chi connectivity index (χ3n) is 4.17. The van der Waals surface area contributed by atoms with E-state index >= 15 is 0 Å². The number of nitrogens with one attached hydrogen (secondary N) is 1.